The molecule has 0 radical (unpaired) electrons. The third kappa shape index (κ3) is 4.60. The summed E-state index contributed by atoms with van der Waals surface area (Å²) in [6, 6.07) is 19.5. The predicted molar refractivity (Wildman–Crippen MR) is 142 cm³/mol. The van der Waals surface area contributed by atoms with Crippen molar-refractivity contribution < 1.29 is 18.3 Å². The van der Waals surface area contributed by atoms with Crippen LogP contribution >= 0.6 is 34.3 Å². The fourth-order valence-electron chi connectivity index (χ4n) is 4.52. The maximum Gasteiger partial charge on any atom is 0.325 e. The second-order valence-electron chi connectivity index (χ2n) is 8.60. The highest BCUT2D eigenvalue weighted by Crippen LogP contribution is 2.58. The number of aliphatic carboxylic acids is 1. The van der Waals surface area contributed by atoms with Crippen molar-refractivity contribution in [1.29, 1.82) is 0 Å². The van der Waals surface area contributed by atoms with Crippen LogP contribution in [0.4, 0.5) is 0 Å². The molecule has 0 saturated heterocycles. The maximum atomic E-state index is 13.5. The Kier molecular flexibility index (Phi) is 6.75. The van der Waals surface area contributed by atoms with E-state index in [1.807, 2.05) is 47.8 Å². The molecule has 2 aromatic carbocycles. The third-order valence-corrected chi connectivity index (χ3v) is 10.6. The van der Waals surface area contributed by atoms with Gasteiger partial charge in [-0.05, 0) is 41.8 Å². The van der Waals surface area contributed by atoms with Gasteiger partial charge in [0, 0.05) is 40.0 Å². The van der Waals surface area contributed by atoms with Crippen molar-refractivity contribution in [1.82, 2.24) is 15.0 Å². The van der Waals surface area contributed by atoms with Gasteiger partial charge in [0.25, 0.3) is 10.0 Å². The van der Waals surface area contributed by atoms with Crippen LogP contribution < -0.4 is 10.0 Å². The Morgan fingerprint density at radius 3 is 2.50 bits per heavy atom. The van der Waals surface area contributed by atoms with E-state index >= 15 is 0 Å². The van der Waals surface area contributed by atoms with Gasteiger partial charge in [-0.2, -0.15) is 4.72 Å². The van der Waals surface area contributed by atoms with Gasteiger partial charge in [0.05, 0.1) is 0 Å². The van der Waals surface area contributed by atoms with Crippen LogP contribution in [0.25, 0.3) is 10.4 Å². The summed E-state index contributed by atoms with van der Waals surface area (Å²) < 4.78 is 29.5. The molecule has 7 nitrogen and oxygen atoms in total. The molecule has 0 spiro atoms. The average molecular weight is 560 g/mol. The number of nitrogens with one attached hydrogen (secondary N) is 2. The molecule has 5 rings (SSSR count). The molecule has 186 valence electrons. The van der Waals surface area contributed by atoms with E-state index in [1.54, 1.807) is 24.4 Å². The molecule has 2 aromatic heterocycles. The average Bonchev–Trinajstić information content (AvgIpc) is 3.26. The summed E-state index contributed by atoms with van der Waals surface area (Å²) in [5, 5.41) is 17.0. The van der Waals surface area contributed by atoms with Gasteiger partial charge in [0.2, 0.25) is 0 Å². The highest BCUT2D eigenvalue weighted by atomic mass is 35.5. The topological polar surface area (TPSA) is 108 Å². The SMILES string of the molecule is O=C(O)[C@@]1(NS(=O)(=O)c2ccc(-c3ccc(Cl)cc3)s2)C[C@@]1(CNCc1nccs1)c1ccccc1. The van der Waals surface area contributed by atoms with E-state index < -0.39 is 26.9 Å². The number of benzene rings is 2. The normalized spacial score (nSPS) is 21.4. The van der Waals surface area contributed by atoms with Gasteiger partial charge in [-0.25, -0.2) is 13.4 Å². The fourth-order valence-corrected chi connectivity index (χ4v) is 7.97. The molecule has 36 heavy (non-hydrogen) atoms. The molecule has 2 heterocycles. The number of carbonyl (C=O) groups is 1. The summed E-state index contributed by atoms with van der Waals surface area (Å²) in [6.45, 7) is 0.732. The van der Waals surface area contributed by atoms with Crippen LogP contribution in [0.15, 0.2) is 82.5 Å². The highest BCUT2D eigenvalue weighted by molar-refractivity contribution is 7.91. The monoisotopic (exact) mass is 559 g/mol. The van der Waals surface area contributed by atoms with Gasteiger partial charge in [-0.15, -0.1) is 22.7 Å². The van der Waals surface area contributed by atoms with Gasteiger partial charge in [-0.3, -0.25) is 4.79 Å². The minimum atomic E-state index is -4.12. The number of hydrogen-bond donors (Lipinski definition) is 3. The van der Waals surface area contributed by atoms with Crippen LogP contribution in [0.1, 0.15) is 17.0 Å². The summed E-state index contributed by atoms with van der Waals surface area (Å²) in [5.74, 6) is -1.21. The summed E-state index contributed by atoms with van der Waals surface area (Å²) in [7, 11) is -4.12. The lowest BCUT2D eigenvalue weighted by Crippen LogP contribution is -2.51. The molecule has 1 fully saturated rings. The van der Waals surface area contributed by atoms with Crippen molar-refractivity contribution in [2.75, 3.05) is 6.54 Å². The van der Waals surface area contributed by atoms with Crippen LogP contribution in [0.2, 0.25) is 5.02 Å². The van der Waals surface area contributed by atoms with E-state index in [0.29, 0.717) is 11.6 Å². The second-order valence-corrected chi connectivity index (χ2v) is 13.0. The maximum absolute atomic E-state index is 13.5. The van der Waals surface area contributed by atoms with E-state index in [9.17, 15) is 18.3 Å². The predicted octanol–water partition coefficient (Wildman–Crippen LogP) is 4.76. The molecule has 0 amide bonds. The molecule has 1 saturated carbocycles. The third-order valence-electron chi connectivity index (χ3n) is 6.42. The van der Waals surface area contributed by atoms with E-state index in [1.165, 1.54) is 17.4 Å². The molecular weight excluding hydrogens is 538 g/mol. The molecule has 4 aromatic rings. The smallest absolute Gasteiger partial charge is 0.325 e. The molecule has 3 N–H and O–H groups in total. The summed E-state index contributed by atoms with van der Waals surface area (Å²) in [6.07, 6.45) is 1.83. The van der Waals surface area contributed by atoms with E-state index in [0.717, 1.165) is 32.3 Å². The zero-order valence-corrected chi connectivity index (χ0v) is 22.1. The number of nitrogens with zero attached hydrogens (tertiary/aromatic N) is 1. The van der Waals surface area contributed by atoms with E-state index in [2.05, 4.69) is 15.0 Å². The number of thiazole rings is 1. The Morgan fingerprint density at radius 1 is 1.08 bits per heavy atom. The number of hydrogen-bond acceptors (Lipinski definition) is 7. The first-order valence-electron chi connectivity index (χ1n) is 11.0. The molecule has 0 unspecified atom stereocenters. The van der Waals surface area contributed by atoms with Crippen molar-refractivity contribution in [3.05, 3.63) is 93.9 Å². The number of carboxylic acid groups (broad SMARTS) is 1. The Hall–Kier alpha value is -2.60. The standard InChI is InChI=1S/C25H22ClN3O4S3/c26-19-8-6-17(7-9-19)20-10-11-22(35-20)36(32,33)29-25(23(30)31)15-24(25,18-4-2-1-3-5-18)16-27-14-21-28-12-13-34-21/h1-13,27,29H,14-16H2,(H,30,31)/t24-,25+/m1/s1. The van der Waals surface area contributed by atoms with Crippen LogP contribution in [0.3, 0.4) is 0 Å². The Morgan fingerprint density at radius 2 is 1.83 bits per heavy atom. The molecular formula is C25H22ClN3O4S3. The lowest BCUT2D eigenvalue weighted by molar-refractivity contribution is -0.140. The van der Waals surface area contributed by atoms with Crippen molar-refractivity contribution >= 4 is 50.3 Å². The largest absolute Gasteiger partial charge is 0.480 e. The number of thiophene rings is 1. The Labute approximate surface area is 221 Å². The van der Waals surface area contributed by atoms with Crippen molar-refractivity contribution in [3.8, 4) is 10.4 Å². The van der Waals surface area contributed by atoms with Gasteiger partial charge in [-0.1, -0.05) is 54.1 Å². The van der Waals surface area contributed by atoms with E-state index in [-0.39, 0.29) is 17.2 Å². The fraction of sp³-hybridized carbons (Fsp3) is 0.200. The minimum absolute atomic E-state index is 0.0534. The first kappa shape index (κ1) is 25.1. The Balaban J connectivity index is 1.44. The molecule has 1 aliphatic rings. The van der Waals surface area contributed by atoms with Crippen LogP contribution in [-0.4, -0.2) is 36.6 Å². The minimum Gasteiger partial charge on any atom is -0.480 e. The van der Waals surface area contributed by atoms with Crippen molar-refractivity contribution in [2.24, 2.45) is 0 Å². The lowest BCUT2D eigenvalue weighted by Gasteiger charge is -2.24. The number of sulfonamides is 1. The van der Waals surface area contributed by atoms with Crippen LogP contribution in [-0.2, 0) is 26.8 Å². The van der Waals surface area contributed by atoms with Gasteiger partial charge in [0.15, 0.2) is 0 Å². The molecule has 0 bridgehead atoms. The number of halogens is 1. The number of rotatable bonds is 10. The first-order valence-corrected chi connectivity index (χ1v) is 14.6. The molecule has 2 atom stereocenters. The molecule has 0 aliphatic heterocycles. The lowest BCUT2D eigenvalue weighted by atomic mass is 9.90. The van der Waals surface area contributed by atoms with E-state index in [4.69, 9.17) is 11.6 Å². The Bertz CT molecular complexity index is 1470. The quantitative estimate of drug-likeness (QED) is 0.258. The zero-order valence-electron chi connectivity index (χ0n) is 18.8. The van der Waals surface area contributed by atoms with Gasteiger partial charge >= 0.3 is 5.97 Å². The summed E-state index contributed by atoms with van der Waals surface area (Å²) in [4.78, 5) is 17.7. The molecule has 1 aliphatic carbocycles. The second kappa shape index (κ2) is 9.70. The van der Waals surface area contributed by atoms with Crippen molar-refractivity contribution in [2.45, 2.75) is 28.1 Å². The number of carboxylic acids is 1. The van der Waals surface area contributed by atoms with Gasteiger partial charge < -0.3 is 10.4 Å². The first-order chi connectivity index (χ1) is 17.3. The van der Waals surface area contributed by atoms with Gasteiger partial charge in [0.1, 0.15) is 14.8 Å². The van der Waals surface area contributed by atoms with Crippen molar-refractivity contribution in [3.63, 3.8) is 0 Å². The summed E-state index contributed by atoms with van der Waals surface area (Å²) >= 11 is 8.54. The zero-order chi connectivity index (χ0) is 25.4. The summed E-state index contributed by atoms with van der Waals surface area (Å²) in [5.41, 5.74) is -1.06. The van der Waals surface area contributed by atoms with Crippen LogP contribution in [0.5, 0.6) is 0 Å². The van der Waals surface area contributed by atoms with Crippen LogP contribution in [0, 0.1) is 0 Å². The molecule has 11 heteroatoms. The number of aromatic nitrogens is 1. The highest BCUT2D eigenvalue weighted by Gasteiger charge is 2.74.